The first-order chi connectivity index (χ1) is 10.3. The number of methoxy groups -OCH3 is 1. The Labute approximate surface area is 126 Å². The van der Waals surface area contributed by atoms with Crippen molar-refractivity contribution in [2.75, 3.05) is 13.7 Å². The molecule has 0 radical (unpaired) electrons. The van der Waals surface area contributed by atoms with E-state index in [9.17, 15) is 18.8 Å². The third-order valence-corrected chi connectivity index (χ3v) is 2.90. The van der Waals surface area contributed by atoms with Gasteiger partial charge in [0.1, 0.15) is 18.8 Å². The largest absolute Gasteiger partial charge is 0.463 e. The van der Waals surface area contributed by atoms with Gasteiger partial charge in [-0.1, -0.05) is 0 Å². The Kier molecular flexibility index (Phi) is 6.69. The van der Waals surface area contributed by atoms with E-state index in [1.54, 1.807) is 0 Å². The van der Waals surface area contributed by atoms with Gasteiger partial charge in [0, 0.05) is 27.9 Å². The summed E-state index contributed by atoms with van der Waals surface area (Å²) in [5, 5.41) is 0. The monoisotopic (exact) mass is 322 g/mol. The summed E-state index contributed by atoms with van der Waals surface area (Å²) in [5.74, 6) is -2.00. The lowest BCUT2D eigenvalue weighted by Crippen LogP contribution is -2.60. The van der Waals surface area contributed by atoms with Gasteiger partial charge in [-0.05, 0) is 0 Å². The van der Waals surface area contributed by atoms with Gasteiger partial charge < -0.3 is 23.7 Å². The lowest BCUT2D eigenvalue weighted by atomic mass is 9.99. The van der Waals surface area contributed by atoms with Crippen LogP contribution >= 0.6 is 0 Å². The molecule has 0 aliphatic carbocycles. The molecule has 0 N–H and O–H groups in total. The molecule has 0 saturated carbocycles. The number of hydrogen-bond acceptors (Lipinski definition) is 8. The maximum absolute atomic E-state index is 14.1. The average Bonchev–Trinajstić information content (AvgIpc) is 2.39. The zero-order chi connectivity index (χ0) is 16.9. The zero-order valence-electron chi connectivity index (χ0n) is 12.7. The molecule has 0 amide bonds. The smallest absolute Gasteiger partial charge is 0.303 e. The summed E-state index contributed by atoms with van der Waals surface area (Å²) >= 11 is 0. The highest BCUT2D eigenvalue weighted by atomic mass is 19.1. The molecule has 1 aliphatic heterocycles. The van der Waals surface area contributed by atoms with E-state index in [1.807, 2.05) is 0 Å². The minimum absolute atomic E-state index is 0.333. The predicted octanol–water partition coefficient (Wildman–Crippen LogP) is 0.122. The molecule has 9 heteroatoms. The fourth-order valence-corrected chi connectivity index (χ4v) is 2.12. The number of carbonyl (C=O) groups excluding carboxylic acids is 3. The number of ether oxygens (including phenoxy) is 5. The summed E-state index contributed by atoms with van der Waals surface area (Å²) in [7, 11) is 1.25. The van der Waals surface area contributed by atoms with Crippen LogP contribution in [0.1, 0.15) is 20.8 Å². The summed E-state index contributed by atoms with van der Waals surface area (Å²) in [6.45, 7) is 3.09. The highest BCUT2D eigenvalue weighted by Crippen LogP contribution is 2.29. The molecule has 1 rings (SSSR count). The highest BCUT2D eigenvalue weighted by Gasteiger charge is 2.50. The SMILES string of the molecule is CO[C@@H]1[C@@H](OC(C)=O)[C@@H](F)O[C@H](COC(C)=O)[C@H]1OC(C)=O. The van der Waals surface area contributed by atoms with Crippen LogP contribution < -0.4 is 0 Å². The number of esters is 3. The van der Waals surface area contributed by atoms with E-state index in [-0.39, 0.29) is 6.61 Å². The highest BCUT2D eigenvalue weighted by molar-refractivity contribution is 5.67. The molecular formula is C13H19FO8. The molecule has 8 nitrogen and oxygen atoms in total. The molecule has 0 aromatic carbocycles. The van der Waals surface area contributed by atoms with E-state index < -0.39 is 48.7 Å². The van der Waals surface area contributed by atoms with Gasteiger partial charge in [0.25, 0.3) is 0 Å². The summed E-state index contributed by atoms with van der Waals surface area (Å²) < 4.78 is 38.9. The molecule has 0 aromatic heterocycles. The first-order valence-corrected chi connectivity index (χ1v) is 6.56. The summed E-state index contributed by atoms with van der Waals surface area (Å²) in [5.41, 5.74) is 0. The second kappa shape index (κ2) is 8.04. The lowest BCUT2D eigenvalue weighted by molar-refractivity contribution is -0.277. The molecule has 1 fully saturated rings. The maximum atomic E-state index is 14.1. The Hall–Kier alpha value is -1.74. The van der Waals surface area contributed by atoms with Crippen molar-refractivity contribution in [3.8, 4) is 0 Å². The zero-order valence-corrected chi connectivity index (χ0v) is 12.7. The van der Waals surface area contributed by atoms with Crippen molar-refractivity contribution in [2.45, 2.75) is 51.5 Å². The van der Waals surface area contributed by atoms with Crippen LogP contribution in [0.25, 0.3) is 0 Å². The molecule has 5 atom stereocenters. The standard InChI is InChI=1S/C13H19FO8/c1-6(15)19-5-9-10(20-7(2)16)11(18-4)12(13(14)22-9)21-8(3)17/h9-13H,5H2,1-4H3/t9-,10-,11+,12-,13+/m1/s1. The number of hydrogen-bond donors (Lipinski definition) is 0. The normalized spacial score (nSPS) is 31.2. The molecule has 1 heterocycles. The van der Waals surface area contributed by atoms with Crippen LogP contribution in [-0.4, -0.2) is 62.4 Å². The lowest BCUT2D eigenvalue weighted by Gasteiger charge is -2.41. The first-order valence-electron chi connectivity index (χ1n) is 6.56. The summed E-state index contributed by atoms with van der Waals surface area (Å²) in [4.78, 5) is 33.2. The number of alkyl halides is 1. The van der Waals surface area contributed by atoms with Crippen molar-refractivity contribution in [3.05, 3.63) is 0 Å². The van der Waals surface area contributed by atoms with E-state index in [0.29, 0.717) is 0 Å². The molecule has 0 aromatic rings. The molecule has 1 saturated heterocycles. The maximum Gasteiger partial charge on any atom is 0.303 e. The Balaban J connectivity index is 2.96. The minimum Gasteiger partial charge on any atom is -0.463 e. The van der Waals surface area contributed by atoms with Gasteiger partial charge in [-0.15, -0.1) is 0 Å². The Morgan fingerprint density at radius 3 is 1.95 bits per heavy atom. The van der Waals surface area contributed by atoms with Crippen LogP contribution in [0.3, 0.4) is 0 Å². The van der Waals surface area contributed by atoms with Crippen molar-refractivity contribution >= 4 is 17.9 Å². The van der Waals surface area contributed by atoms with E-state index in [0.717, 1.165) is 13.8 Å². The van der Waals surface area contributed by atoms with Crippen molar-refractivity contribution in [2.24, 2.45) is 0 Å². The number of carbonyl (C=O) groups is 3. The Morgan fingerprint density at radius 2 is 1.50 bits per heavy atom. The first kappa shape index (κ1) is 18.3. The van der Waals surface area contributed by atoms with Gasteiger partial charge in [0.2, 0.25) is 6.36 Å². The summed E-state index contributed by atoms with van der Waals surface area (Å²) in [6.07, 6.45) is -6.70. The number of rotatable bonds is 5. The van der Waals surface area contributed by atoms with Crippen LogP contribution in [0.4, 0.5) is 4.39 Å². The number of halogens is 1. The fraction of sp³-hybridized carbons (Fsp3) is 0.769. The third kappa shape index (κ3) is 4.92. The third-order valence-electron chi connectivity index (χ3n) is 2.90. The Bertz CT molecular complexity index is 426. The fourth-order valence-electron chi connectivity index (χ4n) is 2.12. The topological polar surface area (TPSA) is 97.4 Å². The van der Waals surface area contributed by atoms with Gasteiger partial charge >= 0.3 is 17.9 Å². The average molecular weight is 322 g/mol. The Morgan fingerprint density at radius 1 is 0.955 bits per heavy atom. The van der Waals surface area contributed by atoms with Crippen LogP contribution in [-0.2, 0) is 38.1 Å². The minimum atomic E-state index is -2.01. The molecule has 126 valence electrons. The van der Waals surface area contributed by atoms with Gasteiger partial charge in [-0.2, -0.15) is 0 Å². The molecule has 0 bridgehead atoms. The van der Waals surface area contributed by atoms with Crippen LogP contribution in [0, 0.1) is 0 Å². The molecule has 1 aliphatic rings. The van der Waals surface area contributed by atoms with E-state index in [1.165, 1.54) is 14.0 Å². The van der Waals surface area contributed by atoms with Gasteiger partial charge in [0.05, 0.1) is 0 Å². The van der Waals surface area contributed by atoms with Gasteiger partial charge in [-0.25, -0.2) is 4.39 Å². The second-order valence-electron chi connectivity index (χ2n) is 4.68. The van der Waals surface area contributed by atoms with E-state index in [4.69, 9.17) is 23.7 Å². The van der Waals surface area contributed by atoms with E-state index in [2.05, 4.69) is 0 Å². The van der Waals surface area contributed by atoms with Crippen LogP contribution in [0.2, 0.25) is 0 Å². The van der Waals surface area contributed by atoms with E-state index >= 15 is 0 Å². The molecule has 0 unspecified atom stereocenters. The summed E-state index contributed by atoms with van der Waals surface area (Å²) in [6, 6.07) is 0. The van der Waals surface area contributed by atoms with Crippen molar-refractivity contribution in [3.63, 3.8) is 0 Å². The predicted molar refractivity (Wildman–Crippen MR) is 68.3 cm³/mol. The molecule has 22 heavy (non-hydrogen) atoms. The van der Waals surface area contributed by atoms with Crippen LogP contribution in [0.15, 0.2) is 0 Å². The van der Waals surface area contributed by atoms with Crippen molar-refractivity contribution < 1.29 is 42.5 Å². The van der Waals surface area contributed by atoms with Gasteiger partial charge in [-0.3, -0.25) is 14.4 Å². The molecular weight excluding hydrogens is 303 g/mol. The van der Waals surface area contributed by atoms with Crippen molar-refractivity contribution in [1.82, 2.24) is 0 Å². The quantitative estimate of drug-likeness (QED) is 0.520. The van der Waals surface area contributed by atoms with Gasteiger partial charge in [0.15, 0.2) is 12.2 Å². The van der Waals surface area contributed by atoms with Crippen molar-refractivity contribution in [1.29, 1.82) is 0 Å². The second-order valence-corrected chi connectivity index (χ2v) is 4.68. The molecule has 0 spiro atoms. The van der Waals surface area contributed by atoms with Crippen LogP contribution in [0.5, 0.6) is 0 Å².